The monoisotopic (exact) mass is 1060 g/mol. The van der Waals surface area contributed by atoms with Crippen molar-refractivity contribution in [1.82, 2.24) is 21.3 Å². The molecule has 79 heavy (non-hydrogen) atoms. The molecule has 5 aliphatic heterocycles. The van der Waals surface area contributed by atoms with Gasteiger partial charge in [-0.05, 0) is 250 Å². The van der Waals surface area contributed by atoms with Crippen LogP contribution in [0.2, 0.25) is 0 Å². The number of esters is 2. The van der Waals surface area contributed by atoms with Gasteiger partial charge in [0.05, 0.1) is 17.2 Å². The van der Waals surface area contributed by atoms with Crippen LogP contribution in [-0.2, 0) is 50.4 Å². The number of hydrogen-bond acceptors (Lipinski definition) is 9. The van der Waals surface area contributed by atoms with E-state index >= 15 is 9.59 Å². The summed E-state index contributed by atoms with van der Waals surface area (Å²) in [6.07, 6.45) is 23.6. The van der Waals surface area contributed by atoms with Gasteiger partial charge in [0.25, 0.3) is 0 Å². The van der Waals surface area contributed by atoms with Gasteiger partial charge in [-0.15, -0.1) is 0 Å². The number of cyclic esters (lactones) is 1. The van der Waals surface area contributed by atoms with E-state index in [0.717, 1.165) is 136 Å². The van der Waals surface area contributed by atoms with E-state index in [0.29, 0.717) is 29.6 Å². The number of aromatic hydroxyl groups is 1. The molecule has 2 spiro atoms. The molecule has 6 aliphatic carbocycles. The van der Waals surface area contributed by atoms with Crippen LogP contribution in [0.5, 0.6) is 5.75 Å². The van der Waals surface area contributed by atoms with Crippen LogP contribution in [0, 0.1) is 46.3 Å². The number of hydrogen-bond donors (Lipinski definition) is 5. The Morgan fingerprint density at radius 2 is 1.67 bits per heavy atom. The van der Waals surface area contributed by atoms with Crippen LogP contribution in [0.25, 0.3) is 16.7 Å². The van der Waals surface area contributed by atoms with E-state index in [1.54, 1.807) is 11.6 Å². The number of rotatable bonds is 10. The molecule has 4 aromatic carbocycles. The number of carbonyl (C=O) groups excluding carboxylic acids is 2. The van der Waals surface area contributed by atoms with Crippen molar-refractivity contribution in [2.75, 3.05) is 26.7 Å². The molecule has 414 valence electrons. The van der Waals surface area contributed by atoms with Crippen molar-refractivity contribution in [3.05, 3.63) is 165 Å². The fourth-order valence-corrected chi connectivity index (χ4v) is 18.0. The molecule has 0 aromatic heterocycles. The topological polar surface area (TPSA) is 121 Å². The zero-order chi connectivity index (χ0) is 53.9. The third-order valence-electron chi connectivity index (χ3n) is 21.7. The molecule has 5 heterocycles. The number of piperidine rings is 1. The average molecular weight is 1060 g/mol. The molecule has 14 bridgehead atoms. The van der Waals surface area contributed by atoms with E-state index in [4.69, 9.17) is 9.47 Å². The smallest absolute Gasteiger partial charge is 0.340 e. The summed E-state index contributed by atoms with van der Waals surface area (Å²) in [5.41, 5.74) is 12.6. The van der Waals surface area contributed by atoms with Crippen LogP contribution < -0.4 is 21.3 Å². The van der Waals surface area contributed by atoms with Crippen molar-refractivity contribution in [3.8, 4) is 16.9 Å². The lowest BCUT2D eigenvalue weighted by Crippen LogP contribution is -2.52. The lowest BCUT2D eigenvalue weighted by molar-refractivity contribution is -0.135. The lowest BCUT2D eigenvalue weighted by Gasteiger charge is -2.56. The molecular weight excluding hydrogens is 977 g/mol. The fourth-order valence-electron chi connectivity index (χ4n) is 18.0. The van der Waals surface area contributed by atoms with Crippen LogP contribution in [0.4, 0.5) is 0 Å². The second-order valence-electron chi connectivity index (χ2n) is 25.7. The van der Waals surface area contributed by atoms with E-state index in [1.807, 2.05) is 12.1 Å². The zero-order valence-corrected chi connectivity index (χ0v) is 47.2. The molecular formula is C70H84N4O5. The van der Waals surface area contributed by atoms with Gasteiger partial charge in [0.15, 0.2) is 0 Å². The minimum absolute atomic E-state index is 0.0164. The van der Waals surface area contributed by atoms with Crippen molar-refractivity contribution in [2.45, 2.75) is 154 Å². The number of carbonyl (C=O) groups is 2. The van der Waals surface area contributed by atoms with Crippen molar-refractivity contribution >= 4 is 17.5 Å². The summed E-state index contributed by atoms with van der Waals surface area (Å²) in [6, 6.07) is 32.9. The lowest BCUT2D eigenvalue weighted by atomic mass is 9.44. The van der Waals surface area contributed by atoms with Gasteiger partial charge in [0.1, 0.15) is 17.3 Å². The van der Waals surface area contributed by atoms with Crippen LogP contribution >= 0.6 is 0 Å². The Bertz CT molecular complexity index is 3130. The highest BCUT2D eigenvalue weighted by atomic mass is 16.5. The van der Waals surface area contributed by atoms with Crippen LogP contribution in [0.1, 0.15) is 150 Å². The van der Waals surface area contributed by atoms with E-state index in [1.165, 1.54) is 67.2 Å². The van der Waals surface area contributed by atoms with Crippen LogP contribution in [-0.4, -0.2) is 49.9 Å². The van der Waals surface area contributed by atoms with Crippen LogP contribution in [0.15, 0.2) is 131 Å². The molecule has 9 nitrogen and oxygen atoms in total. The SMILES string of the molecule is CCCNCc1cc2cc(c1)C1(CCCC1)[C@H]1CC[C@@]([C@@H]3CCN[C@H](NC)C3)(C/C=C3\OC(=O)C4=C3CC[C@H]3[C@H]5CC[C@]6(C(=C5c5cc(O)ccc5-c5cccc(c5)CNCC2)C(=O)O/C6=C\[C@H](CC)Cc2ccccc2)[C@@H]43)C1. The molecule has 9 heteroatoms. The molecule has 4 aromatic rings. The van der Waals surface area contributed by atoms with Crippen molar-refractivity contribution in [3.63, 3.8) is 0 Å². The van der Waals surface area contributed by atoms with E-state index < -0.39 is 5.41 Å². The molecule has 0 radical (unpaired) electrons. The van der Waals surface area contributed by atoms with Gasteiger partial charge in [-0.25, -0.2) is 9.59 Å². The van der Waals surface area contributed by atoms with Crippen LogP contribution in [0.3, 0.4) is 0 Å². The number of fused-ring (bicyclic) bond motifs is 5. The number of phenols is 1. The Morgan fingerprint density at radius 1 is 0.797 bits per heavy atom. The number of nitrogens with one attached hydrogen (secondary N) is 4. The highest BCUT2D eigenvalue weighted by Crippen LogP contribution is 2.72. The van der Waals surface area contributed by atoms with Gasteiger partial charge in [-0.3, -0.25) is 0 Å². The highest BCUT2D eigenvalue weighted by Gasteiger charge is 2.69. The van der Waals surface area contributed by atoms with E-state index in [9.17, 15) is 5.11 Å². The number of allylic oxidation sites excluding steroid dienone is 5. The Hall–Kier alpha value is -5.58. The third-order valence-corrected chi connectivity index (χ3v) is 21.7. The predicted octanol–water partition coefficient (Wildman–Crippen LogP) is 13.1. The maximum Gasteiger partial charge on any atom is 0.340 e. The fraction of sp³-hybridized carbons (Fsp3) is 0.514. The zero-order valence-electron chi connectivity index (χ0n) is 47.2. The Balaban J connectivity index is 0.979. The molecule has 5 fully saturated rings. The molecule has 0 amide bonds. The van der Waals surface area contributed by atoms with Crippen molar-refractivity contribution in [1.29, 1.82) is 0 Å². The molecule has 15 rings (SSSR count). The minimum atomic E-state index is -0.860. The van der Waals surface area contributed by atoms with Gasteiger partial charge < -0.3 is 35.8 Å². The first kappa shape index (κ1) is 52.8. The first-order chi connectivity index (χ1) is 38.6. The number of benzene rings is 4. The second-order valence-corrected chi connectivity index (χ2v) is 25.7. The van der Waals surface area contributed by atoms with Gasteiger partial charge in [-0.2, -0.15) is 0 Å². The maximum absolute atomic E-state index is 15.3. The summed E-state index contributed by atoms with van der Waals surface area (Å²) >= 11 is 0. The average Bonchev–Trinajstić information content (AvgIpc) is 3.19. The Kier molecular flexibility index (Phi) is 14.5. The Morgan fingerprint density at radius 3 is 2.51 bits per heavy atom. The first-order valence-electron chi connectivity index (χ1n) is 30.9. The quantitative estimate of drug-likeness (QED) is 0.0781. The minimum Gasteiger partial charge on any atom is -0.508 e. The highest BCUT2D eigenvalue weighted by molar-refractivity contribution is 6.07. The molecule has 11 aliphatic rings. The maximum atomic E-state index is 15.3. The molecule has 2 saturated heterocycles. The van der Waals surface area contributed by atoms with Gasteiger partial charge in [0.2, 0.25) is 0 Å². The predicted molar refractivity (Wildman–Crippen MR) is 313 cm³/mol. The number of phenolic OH excluding ortho intramolecular Hbond substituents is 1. The van der Waals surface area contributed by atoms with Crippen molar-refractivity contribution < 1.29 is 24.2 Å². The summed E-state index contributed by atoms with van der Waals surface area (Å²) < 4.78 is 13.5. The largest absolute Gasteiger partial charge is 0.508 e. The summed E-state index contributed by atoms with van der Waals surface area (Å²) in [4.78, 5) is 30.6. The molecule has 5 N–H and O–H groups in total. The van der Waals surface area contributed by atoms with Gasteiger partial charge in [0, 0.05) is 30.2 Å². The van der Waals surface area contributed by atoms with Gasteiger partial charge in [-0.1, -0.05) is 99.5 Å². The summed E-state index contributed by atoms with van der Waals surface area (Å²) in [6.45, 7) is 8.96. The number of ether oxygens (including phenoxy) is 2. The van der Waals surface area contributed by atoms with Crippen molar-refractivity contribution in [2.24, 2.45) is 46.3 Å². The Labute approximate surface area is 469 Å². The second kappa shape index (κ2) is 21.7. The third kappa shape index (κ3) is 9.31. The summed E-state index contributed by atoms with van der Waals surface area (Å²) in [7, 11) is 2.10. The molecule has 0 unspecified atom stereocenters. The normalized spacial score (nSPS) is 31.4. The first-order valence-corrected chi connectivity index (χ1v) is 30.9. The van der Waals surface area contributed by atoms with E-state index in [2.05, 4.69) is 127 Å². The summed E-state index contributed by atoms with van der Waals surface area (Å²) in [5, 5.41) is 26.5. The standard InChI is InChI=1S/C70H84N4O5/c1-4-30-72-43-48-34-46-23-31-73-42-47-14-11-15-49(35-47)54-17-16-53(75)40-58(54)62-55-21-29-70(60(79-67(77)65(62)70)38-44(5-2)33-45-12-7-6-8-13-45)64-56(55)18-19-57-59(78-66(76)63(57)64)22-28-68(50-24-32-74-61(39-50)71-3)27-20-51(41-68)69(25-9-10-26-69)52(36-46)37-48/h6-8,11-17,22,34-38,40,44,50-51,55-56,61,64,71-75H,4-5,9-10,18-21,23-33,39,41-43H2,1-3H3/b59-22-,60-38-/t44-,50-,51+,55-,56+,61+,64-,68-,70-/m1/s1. The summed E-state index contributed by atoms with van der Waals surface area (Å²) in [5.74, 6) is 2.11. The molecule has 3 saturated carbocycles. The van der Waals surface area contributed by atoms with E-state index in [-0.39, 0.29) is 58.4 Å². The molecule has 9 atom stereocenters. The van der Waals surface area contributed by atoms with Gasteiger partial charge >= 0.3 is 11.9 Å².